The summed E-state index contributed by atoms with van der Waals surface area (Å²) < 4.78 is 9.70. The number of carbonyl (C=O) groups excluding carboxylic acids is 3. The Kier molecular flexibility index (Phi) is 8.84. The van der Waals surface area contributed by atoms with Crippen LogP contribution in [0.25, 0.3) is 0 Å². The summed E-state index contributed by atoms with van der Waals surface area (Å²) in [6.07, 6.45) is 0.273. The molecule has 1 N–H and O–H groups in total. The largest absolute Gasteiger partial charge is 0.467 e. The van der Waals surface area contributed by atoms with Gasteiger partial charge in [0.1, 0.15) is 6.04 Å². The summed E-state index contributed by atoms with van der Waals surface area (Å²) in [5.41, 5.74) is 0.867. The SMILES string of the molecule is COC(=O)C(Cc1ccccc1)NC(=O)COC(=O)CSc1ccccc1Cl. The number of rotatable bonds is 9. The van der Waals surface area contributed by atoms with E-state index in [4.69, 9.17) is 21.1 Å². The number of carbonyl (C=O) groups is 3. The van der Waals surface area contributed by atoms with Crippen LogP contribution >= 0.6 is 23.4 Å². The van der Waals surface area contributed by atoms with Crippen molar-refractivity contribution >= 4 is 41.2 Å². The van der Waals surface area contributed by atoms with Gasteiger partial charge < -0.3 is 14.8 Å². The summed E-state index contributed by atoms with van der Waals surface area (Å²) in [5, 5.41) is 3.08. The average Bonchev–Trinajstić information content (AvgIpc) is 2.71. The van der Waals surface area contributed by atoms with Crippen molar-refractivity contribution in [2.24, 2.45) is 0 Å². The highest BCUT2D eigenvalue weighted by Gasteiger charge is 2.22. The molecule has 0 saturated carbocycles. The highest BCUT2D eigenvalue weighted by atomic mass is 35.5. The minimum Gasteiger partial charge on any atom is -0.467 e. The van der Waals surface area contributed by atoms with Crippen LogP contribution < -0.4 is 5.32 Å². The third-order valence-electron chi connectivity index (χ3n) is 3.65. The van der Waals surface area contributed by atoms with E-state index in [2.05, 4.69) is 5.32 Å². The number of nitrogens with one attached hydrogen (secondary N) is 1. The van der Waals surface area contributed by atoms with Crippen LogP contribution in [0, 0.1) is 0 Å². The van der Waals surface area contributed by atoms with Crippen molar-refractivity contribution in [1.29, 1.82) is 0 Å². The molecular formula is C20H20ClNO5S. The Hall–Kier alpha value is -2.51. The van der Waals surface area contributed by atoms with Gasteiger partial charge in [0.05, 0.1) is 17.9 Å². The second-order valence-electron chi connectivity index (χ2n) is 5.71. The second-order valence-corrected chi connectivity index (χ2v) is 7.14. The molecule has 0 fully saturated rings. The van der Waals surface area contributed by atoms with Crippen molar-refractivity contribution in [3.63, 3.8) is 0 Å². The van der Waals surface area contributed by atoms with Gasteiger partial charge in [-0.25, -0.2) is 4.79 Å². The Morgan fingerprint density at radius 3 is 2.43 bits per heavy atom. The summed E-state index contributed by atoms with van der Waals surface area (Å²) in [5.74, 6) is -1.69. The van der Waals surface area contributed by atoms with Gasteiger partial charge in [-0.05, 0) is 17.7 Å². The summed E-state index contributed by atoms with van der Waals surface area (Å²) in [6.45, 7) is -0.482. The highest BCUT2D eigenvalue weighted by Crippen LogP contribution is 2.26. The van der Waals surface area contributed by atoms with Crippen LogP contribution in [0.4, 0.5) is 0 Å². The van der Waals surface area contributed by atoms with E-state index in [1.54, 1.807) is 18.2 Å². The van der Waals surface area contributed by atoms with Gasteiger partial charge >= 0.3 is 11.9 Å². The Bertz CT molecular complexity index is 815. The molecule has 0 aliphatic carbocycles. The lowest BCUT2D eigenvalue weighted by Crippen LogP contribution is -2.44. The molecular weight excluding hydrogens is 402 g/mol. The molecule has 0 aliphatic rings. The molecule has 0 bridgehead atoms. The Morgan fingerprint density at radius 1 is 1.07 bits per heavy atom. The number of thioether (sulfide) groups is 1. The predicted molar refractivity (Wildman–Crippen MR) is 107 cm³/mol. The van der Waals surface area contributed by atoms with Crippen molar-refractivity contribution in [3.05, 3.63) is 65.2 Å². The predicted octanol–water partition coefficient (Wildman–Crippen LogP) is 2.88. The maximum Gasteiger partial charge on any atom is 0.328 e. The normalized spacial score (nSPS) is 11.4. The van der Waals surface area contributed by atoms with E-state index in [1.807, 2.05) is 36.4 Å². The van der Waals surface area contributed by atoms with Crippen molar-refractivity contribution in [2.75, 3.05) is 19.5 Å². The van der Waals surface area contributed by atoms with E-state index in [0.717, 1.165) is 10.5 Å². The second kappa shape index (κ2) is 11.4. The quantitative estimate of drug-likeness (QED) is 0.495. The van der Waals surface area contributed by atoms with Crippen LogP contribution in [-0.2, 0) is 30.3 Å². The van der Waals surface area contributed by atoms with Crippen LogP contribution in [0.1, 0.15) is 5.56 Å². The lowest BCUT2D eigenvalue weighted by Gasteiger charge is -2.16. The Labute approximate surface area is 172 Å². The van der Waals surface area contributed by atoms with Gasteiger partial charge in [-0.15, -0.1) is 11.8 Å². The molecule has 0 aromatic heterocycles. The highest BCUT2D eigenvalue weighted by molar-refractivity contribution is 8.00. The molecule has 2 rings (SSSR count). The number of halogens is 1. The molecule has 0 saturated heterocycles. The third kappa shape index (κ3) is 7.25. The van der Waals surface area contributed by atoms with Crippen LogP contribution in [0.2, 0.25) is 5.02 Å². The molecule has 8 heteroatoms. The van der Waals surface area contributed by atoms with Crippen LogP contribution in [0.3, 0.4) is 0 Å². The van der Waals surface area contributed by atoms with E-state index < -0.39 is 30.5 Å². The van der Waals surface area contributed by atoms with Crippen molar-refractivity contribution in [3.8, 4) is 0 Å². The van der Waals surface area contributed by atoms with Gasteiger partial charge in [-0.3, -0.25) is 9.59 Å². The van der Waals surface area contributed by atoms with Gasteiger partial charge in [0.2, 0.25) is 0 Å². The van der Waals surface area contributed by atoms with E-state index in [0.29, 0.717) is 5.02 Å². The molecule has 1 atom stereocenters. The minimum atomic E-state index is -0.865. The summed E-state index contributed by atoms with van der Waals surface area (Å²) in [7, 11) is 1.25. The van der Waals surface area contributed by atoms with Gasteiger partial charge in [-0.2, -0.15) is 0 Å². The van der Waals surface area contributed by atoms with Crippen LogP contribution in [0.5, 0.6) is 0 Å². The zero-order chi connectivity index (χ0) is 20.4. The van der Waals surface area contributed by atoms with E-state index in [9.17, 15) is 14.4 Å². The average molecular weight is 422 g/mol. The summed E-state index contributed by atoms with van der Waals surface area (Å²) >= 11 is 7.24. The minimum absolute atomic E-state index is 0.0153. The zero-order valence-corrected chi connectivity index (χ0v) is 16.8. The fraction of sp³-hybridized carbons (Fsp3) is 0.250. The molecule has 28 heavy (non-hydrogen) atoms. The maximum atomic E-state index is 12.1. The zero-order valence-electron chi connectivity index (χ0n) is 15.2. The van der Waals surface area contributed by atoms with Crippen molar-refractivity contribution < 1.29 is 23.9 Å². The number of amides is 1. The number of ether oxygens (including phenoxy) is 2. The molecule has 1 unspecified atom stereocenters. The summed E-state index contributed by atoms with van der Waals surface area (Å²) in [6, 6.07) is 15.5. The number of hydrogen-bond donors (Lipinski definition) is 1. The van der Waals surface area contributed by atoms with Gasteiger partial charge in [0.25, 0.3) is 5.91 Å². The van der Waals surface area contributed by atoms with Crippen LogP contribution in [-0.4, -0.2) is 43.4 Å². The third-order valence-corrected chi connectivity index (χ3v) is 5.14. The fourth-order valence-electron chi connectivity index (χ4n) is 2.31. The van der Waals surface area contributed by atoms with Gasteiger partial charge in [-0.1, -0.05) is 54.1 Å². The number of hydrogen-bond acceptors (Lipinski definition) is 6. The molecule has 0 spiro atoms. The monoisotopic (exact) mass is 421 g/mol. The first-order chi connectivity index (χ1) is 13.5. The lowest BCUT2D eigenvalue weighted by atomic mass is 10.1. The van der Waals surface area contributed by atoms with E-state index >= 15 is 0 Å². The van der Waals surface area contributed by atoms with Crippen LogP contribution in [0.15, 0.2) is 59.5 Å². The smallest absolute Gasteiger partial charge is 0.328 e. The molecule has 0 aliphatic heterocycles. The molecule has 148 valence electrons. The van der Waals surface area contributed by atoms with Crippen molar-refractivity contribution in [2.45, 2.75) is 17.4 Å². The number of benzene rings is 2. The number of esters is 2. The van der Waals surface area contributed by atoms with Gasteiger partial charge in [0.15, 0.2) is 6.61 Å². The first kappa shape index (κ1) is 21.8. The fourth-order valence-corrected chi connectivity index (χ4v) is 3.34. The first-order valence-corrected chi connectivity index (χ1v) is 9.80. The number of methoxy groups -OCH3 is 1. The first-order valence-electron chi connectivity index (χ1n) is 8.43. The standard InChI is InChI=1S/C20H20ClNO5S/c1-26-20(25)16(11-14-7-3-2-4-8-14)22-18(23)12-27-19(24)13-28-17-10-6-5-9-15(17)21/h2-10,16H,11-13H2,1H3,(H,22,23). The Balaban J connectivity index is 1.80. The lowest BCUT2D eigenvalue weighted by molar-refractivity contribution is -0.148. The maximum absolute atomic E-state index is 12.1. The topological polar surface area (TPSA) is 81.7 Å². The molecule has 2 aromatic rings. The summed E-state index contributed by atoms with van der Waals surface area (Å²) in [4.78, 5) is 36.6. The molecule has 1 amide bonds. The van der Waals surface area contributed by atoms with Gasteiger partial charge in [0, 0.05) is 11.3 Å². The molecule has 0 radical (unpaired) electrons. The molecule has 0 heterocycles. The Morgan fingerprint density at radius 2 is 1.75 bits per heavy atom. The van der Waals surface area contributed by atoms with E-state index in [1.165, 1.54) is 18.9 Å². The van der Waals surface area contributed by atoms with E-state index in [-0.39, 0.29) is 12.2 Å². The molecule has 2 aromatic carbocycles. The molecule has 6 nitrogen and oxygen atoms in total. The van der Waals surface area contributed by atoms with Crippen molar-refractivity contribution in [1.82, 2.24) is 5.32 Å².